The molecule has 1 fully saturated rings. The maximum absolute atomic E-state index is 5.28. The summed E-state index contributed by atoms with van der Waals surface area (Å²) in [6, 6.07) is 0. The summed E-state index contributed by atoms with van der Waals surface area (Å²) >= 11 is 1.65. The van der Waals surface area contributed by atoms with Crippen molar-refractivity contribution in [3.63, 3.8) is 0 Å². The van der Waals surface area contributed by atoms with Crippen molar-refractivity contribution in [3.05, 3.63) is 0 Å². The second kappa shape index (κ2) is 1.82. The van der Waals surface area contributed by atoms with Gasteiger partial charge in [0.25, 0.3) is 0 Å². The van der Waals surface area contributed by atoms with Gasteiger partial charge >= 0.3 is 0 Å². The summed E-state index contributed by atoms with van der Waals surface area (Å²) in [6.45, 7) is 0.825. The zero-order chi connectivity index (χ0) is 4.41. The van der Waals surface area contributed by atoms with E-state index in [4.69, 9.17) is 10.5 Å². The van der Waals surface area contributed by atoms with Crippen molar-refractivity contribution in [2.75, 3.05) is 12.4 Å². The molecule has 1 heterocycles. The van der Waals surface area contributed by atoms with Gasteiger partial charge in [0.05, 0.1) is 6.61 Å². The van der Waals surface area contributed by atoms with E-state index in [1.54, 1.807) is 11.8 Å². The summed E-state index contributed by atoms with van der Waals surface area (Å²) in [5, 5.41) is 0. The van der Waals surface area contributed by atoms with E-state index in [-0.39, 0.29) is 5.56 Å². The summed E-state index contributed by atoms with van der Waals surface area (Å²) < 4.78 is 4.89. The van der Waals surface area contributed by atoms with Crippen LogP contribution < -0.4 is 5.73 Å². The molecule has 0 spiro atoms. The lowest BCUT2D eigenvalue weighted by Crippen LogP contribution is -2.12. The van der Waals surface area contributed by atoms with Gasteiger partial charge < -0.3 is 4.74 Å². The largest absolute Gasteiger partial charge is 0.353 e. The van der Waals surface area contributed by atoms with Gasteiger partial charge in [0.2, 0.25) is 0 Å². The summed E-state index contributed by atoms with van der Waals surface area (Å²) in [6.07, 6.45) is 0. The van der Waals surface area contributed by atoms with E-state index in [0.717, 1.165) is 12.4 Å². The monoisotopic (exact) mass is 105 g/mol. The lowest BCUT2D eigenvalue weighted by Gasteiger charge is -1.94. The van der Waals surface area contributed by atoms with Crippen LogP contribution in [0.25, 0.3) is 0 Å². The Kier molecular flexibility index (Phi) is 1.34. The first kappa shape index (κ1) is 4.43. The highest BCUT2D eigenvalue weighted by atomic mass is 32.2. The minimum Gasteiger partial charge on any atom is -0.353 e. The van der Waals surface area contributed by atoms with Crippen molar-refractivity contribution in [2.24, 2.45) is 5.73 Å². The van der Waals surface area contributed by atoms with Crippen LogP contribution in [0.2, 0.25) is 0 Å². The van der Waals surface area contributed by atoms with E-state index in [0.29, 0.717) is 0 Å². The molecular formula is C3H7NOS. The number of thioether (sulfide) groups is 1. The van der Waals surface area contributed by atoms with E-state index >= 15 is 0 Å². The van der Waals surface area contributed by atoms with Crippen molar-refractivity contribution in [2.45, 2.75) is 5.56 Å². The zero-order valence-corrected chi connectivity index (χ0v) is 4.20. The molecule has 0 aromatic heterocycles. The van der Waals surface area contributed by atoms with Crippen molar-refractivity contribution in [1.29, 1.82) is 0 Å². The van der Waals surface area contributed by atoms with Crippen molar-refractivity contribution in [3.8, 4) is 0 Å². The molecular weight excluding hydrogens is 98.1 g/mol. The predicted octanol–water partition coefficient (Wildman–Crippen LogP) is -0.00790. The number of ether oxygens (including phenoxy) is 1. The average molecular weight is 105 g/mol. The average Bonchev–Trinajstić information content (AvgIpc) is 1.86. The molecule has 0 aromatic carbocycles. The fraction of sp³-hybridized carbons (Fsp3) is 1.00. The third-order valence-corrected chi connectivity index (χ3v) is 1.51. The van der Waals surface area contributed by atoms with Gasteiger partial charge in [-0.25, -0.2) is 0 Å². The molecule has 1 rings (SSSR count). The maximum atomic E-state index is 5.28. The van der Waals surface area contributed by atoms with Gasteiger partial charge in [-0.15, -0.1) is 11.8 Å². The molecule has 1 aliphatic heterocycles. The minimum absolute atomic E-state index is 0.0370. The summed E-state index contributed by atoms with van der Waals surface area (Å²) in [5.74, 6) is 1.06. The summed E-state index contributed by atoms with van der Waals surface area (Å²) in [5.41, 5.74) is 5.24. The number of rotatable bonds is 0. The van der Waals surface area contributed by atoms with Crippen molar-refractivity contribution >= 4 is 11.8 Å². The van der Waals surface area contributed by atoms with Crippen LogP contribution in [0.5, 0.6) is 0 Å². The Morgan fingerprint density at radius 1 is 1.83 bits per heavy atom. The fourth-order valence-electron chi connectivity index (χ4n) is 0.377. The zero-order valence-electron chi connectivity index (χ0n) is 3.39. The van der Waals surface area contributed by atoms with Gasteiger partial charge in [-0.2, -0.15) is 0 Å². The van der Waals surface area contributed by atoms with Gasteiger partial charge in [0.15, 0.2) is 5.56 Å². The fourth-order valence-corrected chi connectivity index (χ4v) is 0.994. The molecule has 1 unspecified atom stereocenters. The Balaban J connectivity index is 2.18. The molecule has 0 bridgehead atoms. The molecule has 1 saturated heterocycles. The summed E-state index contributed by atoms with van der Waals surface area (Å²) in [7, 11) is 0. The highest BCUT2D eigenvalue weighted by Gasteiger charge is 2.08. The van der Waals surface area contributed by atoms with Gasteiger partial charge in [0, 0.05) is 5.75 Å². The minimum atomic E-state index is -0.0370. The first-order valence-corrected chi connectivity index (χ1v) is 2.93. The van der Waals surface area contributed by atoms with Crippen LogP contribution in [-0.4, -0.2) is 17.9 Å². The van der Waals surface area contributed by atoms with Crippen LogP contribution in [0.15, 0.2) is 0 Å². The van der Waals surface area contributed by atoms with Crippen molar-refractivity contribution in [1.82, 2.24) is 0 Å². The second-order valence-electron chi connectivity index (χ2n) is 1.11. The molecule has 0 aromatic rings. The first-order valence-electron chi connectivity index (χ1n) is 1.88. The number of nitrogens with two attached hydrogens (primary N) is 1. The van der Waals surface area contributed by atoms with E-state index in [1.165, 1.54) is 0 Å². The van der Waals surface area contributed by atoms with Gasteiger partial charge in [-0.05, 0) is 0 Å². The first-order chi connectivity index (χ1) is 2.89. The second-order valence-corrected chi connectivity index (χ2v) is 2.32. The van der Waals surface area contributed by atoms with Crippen LogP contribution in [0.3, 0.4) is 0 Å². The Hall–Kier alpha value is 0.270. The topological polar surface area (TPSA) is 35.2 Å². The van der Waals surface area contributed by atoms with Crippen LogP contribution >= 0.6 is 11.8 Å². The molecule has 0 amide bonds. The molecule has 3 heteroatoms. The lowest BCUT2D eigenvalue weighted by molar-refractivity contribution is 0.148. The highest BCUT2D eigenvalue weighted by molar-refractivity contribution is 7.99. The van der Waals surface area contributed by atoms with Gasteiger partial charge in [-0.3, -0.25) is 5.73 Å². The van der Waals surface area contributed by atoms with E-state index in [2.05, 4.69) is 0 Å². The van der Waals surface area contributed by atoms with Crippen molar-refractivity contribution < 1.29 is 4.74 Å². The Labute approximate surface area is 41.0 Å². The highest BCUT2D eigenvalue weighted by Crippen LogP contribution is 2.13. The quantitative estimate of drug-likeness (QED) is 0.470. The standard InChI is InChI=1S/C3H7NOS/c4-3-5-1-2-6-3/h3H,1-2,4H2. The SMILES string of the molecule is NC1OCCS1. The molecule has 2 nitrogen and oxygen atoms in total. The molecule has 2 N–H and O–H groups in total. The van der Waals surface area contributed by atoms with Crippen LogP contribution in [0, 0.1) is 0 Å². The Morgan fingerprint density at radius 3 is 2.83 bits per heavy atom. The number of hydrogen-bond donors (Lipinski definition) is 1. The third-order valence-electron chi connectivity index (χ3n) is 0.648. The molecule has 36 valence electrons. The van der Waals surface area contributed by atoms with Crippen LogP contribution in [0.1, 0.15) is 0 Å². The Bertz CT molecular complexity index is 44.1. The maximum Gasteiger partial charge on any atom is 0.153 e. The predicted molar refractivity (Wildman–Crippen MR) is 26.4 cm³/mol. The Morgan fingerprint density at radius 2 is 2.67 bits per heavy atom. The van der Waals surface area contributed by atoms with Gasteiger partial charge in [-0.1, -0.05) is 0 Å². The van der Waals surface area contributed by atoms with Crippen LogP contribution in [-0.2, 0) is 4.74 Å². The molecule has 1 atom stereocenters. The molecule has 6 heavy (non-hydrogen) atoms. The van der Waals surface area contributed by atoms with E-state index in [9.17, 15) is 0 Å². The van der Waals surface area contributed by atoms with E-state index < -0.39 is 0 Å². The molecule has 1 aliphatic rings. The molecule has 0 aliphatic carbocycles. The molecule has 0 saturated carbocycles. The lowest BCUT2D eigenvalue weighted by atomic mass is 10.9. The van der Waals surface area contributed by atoms with E-state index in [1.807, 2.05) is 0 Å². The van der Waals surface area contributed by atoms with Crippen LogP contribution in [0.4, 0.5) is 0 Å². The number of hydrogen-bond acceptors (Lipinski definition) is 3. The summed E-state index contributed by atoms with van der Waals surface area (Å²) in [4.78, 5) is 0. The molecule has 0 radical (unpaired) electrons. The third kappa shape index (κ3) is 0.864. The smallest absolute Gasteiger partial charge is 0.153 e. The van der Waals surface area contributed by atoms with Gasteiger partial charge in [0.1, 0.15) is 0 Å². The normalized spacial score (nSPS) is 34.5.